The topological polar surface area (TPSA) is 77.6 Å². The van der Waals surface area contributed by atoms with Gasteiger partial charge in [-0.05, 0) is 48.2 Å². The van der Waals surface area contributed by atoms with Crippen molar-refractivity contribution in [3.05, 3.63) is 84.5 Å². The van der Waals surface area contributed by atoms with Gasteiger partial charge in [-0.3, -0.25) is 9.36 Å². The Hall–Kier alpha value is -3.46. The van der Waals surface area contributed by atoms with Crippen LogP contribution >= 0.6 is 11.8 Å². The Balaban J connectivity index is 1.59. The van der Waals surface area contributed by atoms with E-state index in [1.54, 1.807) is 27.7 Å². The van der Waals surface area contributed by atoms with Gasteiger partial charge in [-0.1, -0.05) is 23.9 Å². The third-order valence-corrected chi connectivity index (χ3v) is 4.88. The molecule has 0 aliphatic carbocycles. The third-order valence-electron chi connectivity index (χ3n) is 4.23. The Kier molecular flexibility index (Phi) is 5.39. The lowest BCUT2D eigenvalue weighted by Crippen LogP contribution is -2.17. The number of hydrogen-bond donors (Lipinski definition) is 1. The minimum atomic E-state index is -0.338. The summed E-state index contributed by atoms with van der Waals surface area (Å²) in [4.78, 5) is 21.2. The fraction of sp³-hybridized carbons (Fsp3) is 0.100. The van der Waals surface area contributed by atoms with Gasteiger partial charge in [-0.25, -0.2) is 19.0 Å². The van der Waals surface area contributed by atoms with Gasteiger partial charge < -0.3 is 5.32 Å². The Labute approximate surface area is 170 Å². The molecule has 0 aliphatic rings. The second kappa shape index (κ2) is 8.27. The highest BCUT2D eigenvalue weighted by molar-refractivity contribution is 7.98. The molecule has 2 aromatic heterocycles. The van der Waals surface area contributed by atoms with Gasteiger partial charge in [0.25, 0.3) is 5.91 Å². The van der Waals surface area contributed by atoms with Crippen molar-refractivity contribution in [2.45, 2.75) is 11.7 Å². The Morgan fingerprint density at radius 1 is 1.21 bits per heavy atom. The van der Waals surface area contributed by atoms with Crippen molar-refractivity contribution in [3.8, 4) is 5.69 Å². The van der Waals surface area contributed by atoms with Crippen molar-refractivity contribution in [3.63, 3.8) is 0 Å². The maximum atomic E-state index is 13.3. The van der Waals surface area contributed by atoms with Gasteiger partial charge in [-0.2, -0.15) is 5.10 Å². The monoisotopic (exact) mass is 408 g/mol. The van der Waals surface area contributed by atoms with Crippen molar-refractivity contribution in [1.29, 1.82) is 0 Å². The number of anilines is 1. The molecule has 2 heterocycles. The fourth-order valence-corrected chi connectivity index (χ4v) is 3.47. The van der Waals surface area contributed by atoms with E-state index in [4.69, 9.17) is 0 Å². The maximum Gasteiger partial charge on any atom is 0.274 e. The Morgan fingerprint density at radius 2 is 2.03 bits per heavy atom. The van der Waals surface area contributed by atoms with Crippen LogP contribution in [0, 0.1) is 5.82 Å². The lowest BCUT2D eigenvalue weighted by molar-refractivity contribution is 0.102. The maximum absolute atomic E-state index is 13.3. The average Bonchev–Trinajstić information content (AvgIpc) is 3.38. The Morgan fingerprint density at radius 3 is 2.76 bits per heavy atom. The summed E-state index contributed by atoms with van der Waals surface area (Å²) in [6.45, 7) is 0.549. The summed E-state index contributed by atoms with van der Waals surface area (Å²) in [6.07, 6.45) is 6.50. The molecular formula is C20H17FN6OS. The van der Waals surface area contributed by atoms with E-state index >= 15 is 0 Å². The number of halogens is 1. The van der Waals surface area contributed by atoms with Crippen LogP contribution in [0.2, 0.25) is 0 Å². The van der Waals surface area contributed by atoms with Crippen LogP contribution in [0.3, 0.4) is 0 Å². The molecule has 7 nitrogen and oxygen atoms in total. The van der Waals surface area contributed by atoms with Crippen molar-refractivity contribution in [2.24, 2.45) is 0 Å². The number of nitrogens with zero attached hydrogens (tertiary/aromatic N) is 5. The van der Waals surface area contributed by atoms with Crippen molar-refractivity contribution >= 4 is 23.4 Å². The predicted molar refractivity (Wildman–Crippen MR) is 109 cm³/mol. The molecule has 0 aliphatic heterocycles. The first-order chi connectivity index (χ1) is 14.1. The van der Waals surface area contributed by atoms with Crippen LogP contribution in [0.25, 0.3) is 5.69 Å². The third kappa shape index (κ3) is 4.19. The first-order valence-corrected chi connectivity index (χ1v) is 9.97. The normalized spacial score (nSPS) is 10.8. The molecule has 4 rings (SSSR count). The molecule has 0 saturated carbocycles. The molecule has 0 unspecified atom stereocenters. The number of rotatable bonds is 6. The zero-order chi connectivity index (χ0) is 20.2. The molecule has 0 fully saturated rings. The Bertz CT molecular complexity index is 1120. The number of carbonyl (C=O) groups excluding carboxylic acids is 1. The van der Waals surface area contributed by atoms with Crippen LogP contribution in [0.15, 0.2) is 72.5 Å². The first-order valence-electron chi connectivity index (χ1n) is 8.74. The lowest BCUT2D eigenvalue weighted by Gasteiger charge is -2.12. The zero-order valence-electron chi connectivity index (χ0n) is 15.5. The van der Waals surface area contributed by atoms with E-state index in [1.165, 1.54) is 36.4 Å². The van der Waals surface area contributed by atoms with Gasteiger partial charge in [-0.15, -0.1) is 0 Å². The molecule has 2 aromatic carbocycles. The van der Waals surface area contributed by atoms with Crippen LogP contribution in [-0.4, -0.2) is 36.5 Å². The second-order valence-electron chi connectivity index (χ2n) is 6.19. The van der Waals surface area contributed by atoms with Gasteiger partial charge in [0, 0.05) is 11.4 Å². The summed E-state index contributed by atoms with van der Waals surface area (Å²) >= 11 is 1.41. The second-order valence-corrected chi connectivity index (χ2v) is 6.96. The van der Waals surface area contributed by atoms with Gasteiger partial charge in [0.15, 0.2) is 5.16 Å². The van der Waals surface area contributed by atoms with Crippen LogP contribution < -0.4 is 5.32 Å². The molecule has 1 amide bonds. The molecular weight excluding hydrogens is 391 g/mol. The van der Waals surface area contributed by atoms with E-state index in [2.05, 4.69) is 20.4 Å². The van der Waals surface area contributed by atoms with Crippen LogP contribution in [0.5, 0.6) is 0 Å². The van der Waals surface area contributed by atoms with E-state index in [0.717, 1.165) is 5.56 Å². The minimum Gasteiger partial charge on any atom is -0.321 e. The smallest absolute Gasteiger partial charge is 0.274 e. The highest BCUT2D eigenvalue weighted by Crippen LogP contribution is 2.23. The van der Waals surface area contributed by atoms with E-state index in [9.17, 15) is 9.18 Å². The van der Waals surface area contributed by atoms with E-state index in [0.29, 0.717) is 28.8 Å². The van der Waals surface area contributed by atoms with Crippen molar-refractivity contribution in [2.75, 3.05) is 11.6 Å². The number of hydrogen-bond acceptors (Lipinski definition) is 5. The molecule has 0 bridgehead atoms. The SMILES string of the molecule is CSc1ncc(C(=O)Nc2cccc(Cn3cncn3)c2)n1-c1ccc(F)cc1. The minimum absolute atomic E-state index is 0.306. The molecule has 29 heavy (non-hydrogen) atoms. The standard InChI is InChI=1S/C20H17FN6OS/c1-29-20-23-10-18(27(20)17-7-5-15(21)6-8-17)19(28)25-16-4-2-3-14(9-16)11-26-13-22-12-24-26/h2-10,12-13H,11H2,1H3,(H,25,28). The molecule has 0 spiro atoms. The largest absolute Gasteiger partial charge is 0.321 e. The summed E-state index contributed by atoms with van der Waals surface area (Å²) in [5.74, 6) is -0.644. The highest BCUT2D eigenvalue weighted by Gasteiger charge is 2.18. The van der Waals surface area contributed by atoms with Crippen LogP contribution in [0.1, 0.15) is 16.1 Å². The lowest BCUT2D eigenvalue weighted by atomic mass is 10.2. The van der Waals surface area contributed by atoms with Crippen molar-refractivity contribution < 1.29 is 9.18 Å². The molecule has 0 radical (unpaired) electrons. The summed E-state index contributed by atoms with van der Waals surface area (Å²) in [5, 5.41) is 7.64. The molecule has 146 valence electrons. The first kappa shape index (κ1) is 18.9. The highest BCUT2D eigenvalue weighted by atomic mass is 32.2. The number of thioether (sulfide) groups is 1. The van der Waals surface area contributed by atoms with E-state index in [-0.39, 0.29) is 11.7 Å². The quantitative estimate of drug-likeness (QED) is 0.493. The van der Waals surface area contributed by atoms with Gasteiger partial charge in [0.2, 0.25) is 0 Å². The molecule has 0 saturated heterocycles. The number of aromatic nitrogens is 5. The zero-order valence-corrected chi connectivity index (χ0v) is 16.3. The molecule has 1 N–H and O–H groups in total. The van der Waals surface area contributed by atoms with E-state index in [1.807, 2.05) is 30.5 Å². The summed E-state index contributed by atoms with van der Waals surface area (Å²) in [5.41, 5.74) is 2.66. The summed E-state index contributed by atoms with van der Waals surface area (Å²) in [7, 11) is 0. The average molecular weight is 408 g/mol. The molecule has 0 atom stereocenters. The number of nitrogens with one attached hydrogen (secondary N) is 1. The van der Waals surface area contributed by atoms with Gasteiger partial charge in [0.1, 0.15) is 24.2 Å². The number of imidazole rings is 1. The summed E-state index contributed by atoms with van der Waals surface area (Å²) in [6, 6.07) is 13.5. The molecule has 9 heteroatoms. The summed E-state index contributed by atoms with van der Waals surface area (Å²) < 4.78 is 16.7. The van der Waals surface area contributed by atoms with Gasteiger partial charge in [0.05, 0.1) is 12.7 Å². The number of carbonyl (C=O) groups is 1. The number of benzene rings is 2. The van der Waals surface area contributed by atoms with Gasteiger partial charge >= 0.3 is 0 Å². The van der Waals surface area contributed by atoms with Crippen molar-refractivity contribution in [1.82, 2.24) is 24.3 Å². The number of amides is 1. The molecule has 4 aromatic rings. The fourth-order valence-electron chi connectivity index (χ4n) is 2.92. The van der Waals surface area contributed by atoms with Crippen LogP contribution in [-0.2, 0) is 6.54 Å². The predicted octanol–water partition coefficient (Wildman–Crippen LogP) is 3.63. The van der Waals surface area contributed by atoms with E-state index < -0.39 is 0 Å². The van der Waals surface area contributed by atoms with Crippen LogP contribution in [0.4, 0.5) is 10.1 Å².